The van der Waals surface area contributed by atoms with Gasteiger partial charge in [0.25, 0.3) is 0 Å². The summed E-state index contributed by atoms with van der Waals surface area (Å²) in [5.41, 5.74) is 1.36. The number of allylic oxidation sites excluding steroid dienone is 2. The highest BCUT2D eigenvalue weighted by Gasteiger charge is 2.03. The Labute approximate surface area is 150 Å². The van der Waals surface area contributed by atoms with Gasteiger partial charge in [0.2, 0.25) is 0 Å². The van der Waals surface area contributed by atoms with Gasteiger partial charge in [0, 0.05) is 23.6 Å². The van der Waals surface area contributed by atoms with E-state index in [1.165, 1.54) is 61.0 Å². The summed E-state index contributed by atoms with van der Waals surface area (Å²) in [6.45, 7) is 7.35. The molecule has 132 valence electrons. The molecule has 0 saturated carbocycles. The quantitative estimate of drug-likeness (QED) is 0.363. The number of phenolic OH excluding ortho intramolecular Hbond substituents is 4. The standard InChI is InChI=1S/C20H18N2O4/c1-3-17(21-11-13-9-15(23)5-7-19(13)25)18(4-2)22-12-14-10-16(24)6-8-20(14)26/h3-12,23-26H,1-2H2/b18-17-,21-11?,22-12?. The van der Waals surface area contributed by atoms with Crippen LogP contribution in [0.3, 0.4) is 0 Å². The van der Waals surface area contributed by atoms with Crippen LogP contribution in [-0.2, 0) is 0 Å². The van der Waals surface area contributed by atoms with Crippen molar-refractivity contribution in [3.8, 4) is 23.0 Å². The van der Waals surface area contributed by atoms with E-state index in [4.69, 9.17) is 0 Å². The number of benzene rings is 2. The molecule has 0 bridgehead atoms. The van der Waals surface area contributed by atoms with Gasteiger partial charge in [0.15, 0.2) is 0 Å². The normalized spacial score (nSPS) is 12.3. The van der Waals surface area contributed by atoms with Crippen LogP contribution >= 0.6 is 0 Å². The Kier molecular flexibility index (Phi) is 5.95. The minimum Gasteiger partial charge on any atom is -0.508 e. The molecule has 0 heterocycles. The fraction of sp³-hybridized carbons (Fsp3) is 0. The van der Waals surface area contributed by atoms with E-state index in [0.29, 0.717) is 22.5 Å². The van der Waals surface area contributed by atoms with Crippen molar-refractivity contribution in [1.82, 2.24) is 0 Å². The van der Waals surface area contributed by atoms with Gasteiger partial charge >= 0.3 is 0 Å². The van der Waals surface area contributed by atoms with E-state index in [0.717, 1.165) is 0 Å². The van der Waals surface area contributed by atoms with E-state index in [2.05, 4.69) is 23.1 Å². The van der Waals surface area contributed by atoms with Crippen LogP contribution in [0.15, 0.2) is 83.1 Å². The van der Waals surface area contributed by atoms with Crippen molar-refractivity contribution < 1.29 is 20.4 Å². The fourth-order valence-electron chi connectivity index (χ4n) is 2.02. The summed E-state index contributed by atoms with van der Waals surface area (Å²) in [6.07, 6.45) is 5.62. The smallest absolute Gasteiger partial charge is 0.124 e. The van der Waals surface area contributed by atoms with E-state index in [-0.39, 0.29) is 23.0 Å². The molecule has 0 atom stereocenters. The second kappa shape index (κ2) is 8.34. The van der Waals surface area contributed by atoms with Crippen LogP contribution < -0.4 is 0 Å². The van der Waals surface area contributed by atoms with Crippen molar-refractivity contribution in [1.29, 1.82) is 0 Å². The number of aliphatic imine (C=N–C) groups is 2. The Morgan fingerprint density at radius 2 is 1.08 bits per heavy atom. The lowest BCUT2D eigenvalue weighted by molar-refractivity contribution is 0.459. The molecule has 0 aliphatic heterocycles. The average molecular weight is 350 g/mol. The van der Waals surface area contributed by atoms with Crippen molar-refractivity contribution >= 4 is 12.4 Å². The number of rotatable bonds is 6. The van der Waals surface area contributed by atoms with E-state index < -0.39 is 0 Å². The Morgan fingerprint density at radius 1 is 0.692 bits per heavy atom. The molecule has 0 amide bonds. The van der Waals surface area contributed by atoms with Crippen molar-refractivity contribution in [3.05, 3.63) is 84.2 Å². The molecular formula is C20H18N2O4. The zero-order chi connectivity index (χ0) is 19.1. The second-order valence-corrected chi connectivity index (χ2v) is 5.18. The zero-order valence-electron chi connectivity index (χ0n) is 13.9. The molecule has 0 radical (unpaired) electrons. The second-order valence-electron chi connectivity index (χ2n) is 5.18. The van der Waals surface area contributed by atoms with Gasteiger partial charge < -0.3 is 20.4 Å². The average Bonchev–Trinajstić information content (AvgIpc) is 2.63. The first-order valence-electron chi connectivity index (χ1n) is 7.56. The van der Waals surface area contributed by atoms with E-state index in [9.17, 15) is 20.4 Å². The van der Waals surface area contributed by atoms with Crippen molar-refractivity contribution in [2.24, 2.45) is 9.98 Å². The molecule has 0 aromatic heterocycles. The summed E-state index contributed by atoms with van der Waals surface area (Å²) < 4.78 is 0. The first kappa shape index (κ1) is 18.5. The van der Waals surface area contributed by atoms with E-state index in [1.807, 2.05) is 0 Å². The predicted molar refractivity (Wildman–Crippen MR) is 102 cm³/mol. The molecule has 0 aliphatic carbocycles. The van der Waals surface area contributed by atoms with Gasteiger partial charge in [-0.1, -0.05) is 13.2 Å². The first-order valence-corrected chi connectivity index (χ1v) is 7.56. The van der Waals surface area contributed by atoms with Crippen LogP contribution in [0.4, 0.5) is 0 Å². The predicted octanol–water partition coefficient (Wildman–Crippen LogP) is 3.63. The third-order valence-electron chi connectivity index (χ3n) is 3.36. The molecule has 26 heavy (non-hydrogen) atoms. The molecule has 6 heteroatoms. The summed E-state index contributed by atoms with van der Waals surface area (Å²) in [6, 6.07) is 8.15. The number of phenols is 4. The van der Waals surface area contributed by atoms with Crippen LogP contribution in [0.5, 0.6) is 23.0 Å². The van der Waals surface area contributed by atoms with E-state index >= 15 is 0 Å². The van der Waals surface area contributed by atoms with Gasteiger partial charge in [0.1, 0.15) is 23.0 Å². The van der Waals surface area contributed by atoms with Crippen molar-refractivity contribution in [2.45, 2.75) is 0 Å². The molecule has 0 spiro atoms. The molecule has 6 nitrogen and oxygen atoms in total. The molecule has 0 unspecified atom stereocenters. The first-order chi connectivity index (χ1) is 12.4. The highest BCUT2D eigenvalue weighted by atomic mass is 16.3. The zero-order valence-corrected chi connectivity index (χ0v) is 13.9. The fourth-order valence-corrected chi connectivity index (χ4v) is 2.02. The Hall–Kier alpha value is -3.80. The molecule has 0 aliphatic rings. The van der Waals surface area contributed by atoms with Crippen molar-refractivity contribution in [3.63, 3.8) is 0 Å². The van der Waals surface area contributed by atoms with Gasteiger partial charge in [-0.3, -0.25) is 9.98 Å². The van der Waals surface area contributed by atoms with Crippen LogP contribution in [0.25, 0.3) is 0 Å². The molecule has 2 rings (SSSR count). The highest BCUT2D eigenvalue weighted by Crippen LogP contribution is 2.22. The third-order valence-corrected chi connectivity index (χ3v) is 3.36. The molecule has 0 saturated heterocycles. The molecule has 0 fully saturated rings. The van der Waals surface area contributed by atoms with Gasteiger partial charge in [-0.05, 0) is 48.6 Å². The summed E-state index contributed by atoms with van der Waals surface area (Å²) in [5, 5.41) is 38.5. The SMILES string of the molecule is C=C/C(N=Cc1cc(O)ccc1O)=C(\C=C)N=Cc1cc(O)ccc1O. The number of aromatic hydroxyl groups is 4. The summed E-state index contributed by atoms with van der Waals surface area (Å²) in [7, 11) is 0. The molecule has 4 N–H and O–H groups in total. The molecular weight excluding hydrogens is 332 g/mol. The minimum absolute atomic E-state index is 0.00490. The number of nitrogens with zero attached hydrogens (tertiary/aromatic N) is 2. The molecule has 2 aromatic rings. The highest BCUT2D eigenvalue weighted by molar-refractivity contribution is 5.86. The van der Waals surface area contributed by atoms with Gasteiger partial charge in [0.05, 0.1) is 11.4 Å². The lowest BCUT2D eigenvalue weighted by Gasteiger charge is -2.03. The maximum absolute atomic E-state index is 9.78. The van der Waals surface area contributed by atoms with Crippen LogP contribution in [0.2, 0.25) is 0 Å². The maximum atomic E-state index is 9.78. The van der Waals surface area contributed by atoms with Gasteiger partial charge in [-0.2, -0.15) is 0 Å². The van der Waals surface area contributed by atoms with Gasteiger partial charge in [-0.25, -0.2) is 0 Å². The van der Waals surface area contributed by atoms with Crippen LogP contribution in [-0.4, -0.2) is 32.9 Å². The van der Waals surface area contributed by atoms with E-state index in [1.54, 1.807) is 0 Å². The summed E-state index contributed by atoms with van der Waals surface area (Å²) in [5.74, 6) is -0.0870. The largest absolute Gasteiger partial charge is 0.508 e. The Bertz CT molecular complexity index is 852. The lowest BCUT2D eigenvalue weighted by Crippen LogP contribution is -1.88. The lowest BCUT2D eigenvalue weighted by atomic mass is 10.2. The third kappa shape index (κ3) is 4.61. The maximum Gasteiger partial charge on any atom is 0.124 e. The topological polar surface area (TPSA) is 106 Å². The number of hydrogen-bond donors (Lipinski definition) is 4. The van der Waals surface area contributed by atoms with Crippen LogP contribution in [0, 0.1) is 0 Å². The monoisotopic (exact) mass is 350 g/mol. The summed E-state index contributed by atoms with van der Waals surface area (Å²) in [4.78, 5) is 8.41. The van der Waals surface area contributed by atoms with Crippen LogP contribution in [0.1, 0.15) is 11.1 Å². The summed E-state index contributed by atoms with van der Waals surface area (Å²) >= 11 is 0. The Morgan fingerprint density at radius 3 is 1.42 bits per heavy atom. The van der Waals surface area contributed by atoms with Gasteiger partial charge in [-0.15, -0.1) is 0 Å². The minimum atomic E-state index is -0.0386. The number of hydrogen-bond acceptors (Lipinski definition) is 6. The van der Waals surface area contributed by atoms with Crippen molar-refractivity contribution in [2.75, 3.05) is 0 Å². The Balaban J connectivity index is 2.37. The molecule has 2 aromatic carbocycles.